The molecule has 0 N–H and O–H groups in total. The Kier molecular flexibility index (Phi) is 1.86. The number of carbonyl (C=O) groups is 2. The molecular weight excluding hydrogens is 164 g/mol. The van der Waals surface area contributed by atoms with E-state index in [4.69, 9.17) is 0 Å². The van der Waals surface area contributed by atoms with Gasteiger partial charge in [-0.05, 0) is 30.8 Å². The van der Waals surface area contributed by atoms with Crippen LogP contribution in [0.5, 0.6) is 0 Å². The third-order valence-electron chi connectivity index (χ3n) is 3.67. The summed E-state index contributed by atoms with van der Waals surface area (Å²) in [5.74, 6) is 0.380. The van der Waals surface area contributed by atoms with Crippen molar-refractivity contribution in [1.29, 1.82) is 0 Å². The van der Waals surface area contributed by atoms with Crippen molar-refractivity contribution < 1.29 is 9.59 Å². The lowest BCUT2D eigenvalue weighted by molar-refractivity contribution is -0.118. The van der Waals surface area contributed by atoms with Crippen LogP contribution in [0.1, 0.15) is 32.6 Å². The van der Waals surface area contributed by atoms with Crippen LogP contribution in [0.2, 0.25) is 0 Å². The summed E-state index contributed by atoms with van der Waals surface area (Å²) in [6.45, 7) is 2.12. The minimum absolute atomic E-state index is 0.00958. The SMILES string of the molecule is C[C@@]12CCC(=O)C=C1CC[C@H]2C=O. The Morgan fingerprint density at radius 2 is 2.31 bits per heavy atom. The highest BCUT2D eigenvalue weighted by molar-refractivity contribution is 5.92. The maximum absolute atomic E-state index is 11.2. The third kappa shape index (κ3) is 1.16. The zero-order valence-corrected chi connectivity index (χ0v) is 7.88. The molecule has 0 unspecified atom stereocenters. The number of ketones is 1. The molecule has 1 fully saturated rings. The van der Waals surface area contributed by atoms with Crippen LogP contribution in [0.3, 0.4) is 0 Å². The number of rotatable bonds is 1. The predicted octanol–water partition coefficient (Wildman–Crippen LogP) is 1.89. The van der Waals surface area contributed by atoms with E-state index in [1.165, 1.54) is 5.57 Å². The minimum atomic E-state index is 0.00958. The van der Waals surface area contributed by atoms with Gasteiger partial charge in [0.1, 0.15) is 6.29 Å². The molecule has 0 aliphatic heterocycles. The van der Waals surface area contributed by atoms with Gasteiger partial charge in [0.25, 0.3) is 0 Å². The molecule has 0 amide bonds. The first-order valence-electron chi connectivity index (χ1n) is 4.86. The van der Waals surface area contributed by atoms with Gasteiger partial charge in [0.15, 0.2) is 5.78 Å². The van der Waals surface area contributed by atoms with Gasteiger partial charge in [-0.3, -0.25) is 4.79 Å². The molecule has 0 aromatic rings. The molecule has 0 spiro atoms. The molecule has 13 heavy (non-hydrogen) atoms. The normalized spacial score (nSPS) is 38.4. The lowest BCUT2D eigenvalue weighted by Crippen LogP contribution is -2.28. The quantitative estimate of drug-likeness (QED) is 0.574. The summed E-state index contributed by atoms with van der Waals surface area (Å²) in [5.41, 5.74) is 1.22. The Labute approximate surface area is 78.0 Å². The topological polar surface area (TPSA) is 34.1 Å². The first-order valence-corrected chi connectivity index (χ1v) is 4.86. The standard InChI is InChI=1S/C11H14O2/c1-11-5-4-10(13)6-8(11)2-3-9(11)7-12/h6-7,9H,2-5H2,1H3/t9-,11+/m0/s1. The van der Waals surface area contributed by atoms with Crippen molar-refractivity contribution >= 4 is 12.1 Å². The Hall–Kier alpha value is -0.920. The second-order valence-corrected chi connectivity index (χ2v) is 4.33. The molecule has 0 aromatic carbocycles. The van der Waals surface area contributed by atoms with E-state index in [1.807, 2.05) is 0 Å². The highest BCUT2D eigenvalue weighted by atomic mass is 16.1. The zero-order valence-electron chi connectivity index (χ0n) is 7.88. The molecule has 0 saturated heterocycles. The molecule has 2 aliphatic carbocycles. The maximum Gasteiger partial charge on any atom is 0.155 e. The number of carbonyl (C=O) groups excluding carboxylic acids is 2. The number of allylic oxidation sites excluding steroid dienone is 2. The lowest BCUT2D eigenvalue weighted by atomic mass is 9.71. The van der Waals surface area contributed by atoms with E-state index in [0.717, 1.165) is 25.5 Å². The van der Waals surface area contributed by atoms with Crippen molar-refractivity contribution in [2.24, 2.45) is 11.3 Å². The van der Waals surface area contributed by atoms with Gasteiger partial charge in [0.05, 0.1) is 0 Å². The summed E-state index contributed by atoms with van der Waals surface area (Å²) >= 11 is 0. The molecule has 1 saturated carbocycles. The highest BCUT2D eigenvalue weighted by Crippen LogP contribution is 2.51. The van der Waals surface area contributed by atoms with Crippen molar-refractivity contribution in [3.05, 3.63) is 11.6 Å². The zero-order chi connectivity index (χ0) is 9.47. The summed E-state index contributed by atoms with van der Waals surface area (Å²) in [4.78, 5) is 22.0. The molecular formula is C11H14O2. The van der Waals surface area contributed by atoms with Crippen molar-refractivity contribution in [2.75, 3.05) is 0 Å². The Morgan fingerprint density at radius 3 is 3.00 bits per heavy atom. The lowest BCUT2D eigenvalue weighted by Gasteiger charge is -2.32. The van der Waals surface area contributed by atoms with Crippen LogP contribution in [-0.2, 0) is 9.59 Å². The highest BCUT2D eigenvalue weighted by Gasteiger charge is 2.44. The van der Waals surface area contributed by atoms with Crippen molar-refractivity contribution in [3.63, 3.8) is 0 Å². The number of aldehydes is 1. The predicted molar refractivity (Wildman–Crippen MR) is 49.2 cm³/mol. The van der Waals surface area contributed by atoms with Gasteiger partial charge in [-0.2, -0.15) is 0 Å². The maximum atomic E-state index is 11.2. The van der Waals surface area contributed by atoms with E-state index >= 15 is 0 Å². The molecule has 2 atom stereocenters. The van der Waals surface area contributed by atoms with Crippen LogP contribution in [0, 0.1) is 11.3 Å². The van der Waals surface area contributed by atoms with E-state index in [2.05, 4.69) is 6.92 Å². The van der Waals surface area contributed by atoms with Gasteiger partial charge in [0.2, 0.25) is 0 Å². The van der Waals surface area contributed by atoms with E-state index in [1.54, 1.807) is 6.08 Å². The van der Waals surface area contributed by atoms with E-state index in [9.17, 15) is 9.59 Å². The van der Waals surface area contributed by atoms with E-state index in [-0.39, 0.29) is 17.1 Å². The van der Waals surface area contributed by atoms with Crippen LogP contribution in [0.4, 0.5) is 0 Å². The van der Waals surface area contributed by atoms with Crippen molar-refractivity contribution in [2.45, 2.75) is 32.6 Å². The van der Waals surface area contributed by atoms with Crippen LogP contribution in [0.25, 0.3) is 0 Å². The molecule has 0 bridgehead atoms. The van der Waals surface area contributed by atoms with E-state index < -0.39 is 0 Å². The molecule has 0 radical (unpaired) electrons. The smallest absolute Gasteiger partial charge is 0.155 e. The molecule has 2 heteroatoms. The molecule has 70 valence electrons. The van der Waals surface area contributed by atoms with Crippen LogP contribution in [-0.4, -0.2) is 12.1 Å². The van der Waals surface area contributed by atoms with Gasteiger partial charge >= 0.3 is 0 Å². The van der Waals surface area contributed by atoms with Crippen molar-refractivity contribution in [3.8, 4) is 0 Å². The number of hydrogen-bond acceptors (Lipinski definition) is 2. The van der Waals surface area contributed by atoms with Crippen LogP contribution >= 0.6 is 0 Å². The van der Waals surface area contributed by atoms with Crippen molar-refractivity contribution in [1.82, 2.24) is 0 Å². The van der Waals surface area contributed by atoms with Gasteiger partial charge in [-0.25, -0.2) is 0 Å². The summed E-state index contributed by atoms with van der Waals surface area (Å²) in [6.07, 6.45) is 6.18. The Bertz CT molecular complexity index is 290. The molecule has 2 rings (SSSR count). The Balaban J connectivity index is 2.37. The minimum Gasteiger partial charge on any atom is -0.303 e. The first-order chi connectivity index (χ1) is 6.16. The molecule has 2 nitrogen and oxygen atoms in total. The van der Waals surface area contributed by atoms with Gasteiger partial charge in [0, 0.05) is 12.3 Å². The largest absolute Gasteiger partial charge is 0.303 e. The number of hydrogen-bond donors (Lipinski definition) is 0. The fourth-order valence-corrected chi connectivity index (χ4v) is 2.60. The molecule has 0 heterocycles. The second-order valence-electron chi connectivity index (χ2n) is 4.33. The van der Waals surface area contributed by atoms with Crippen LogP contribution in [0.15, 0.2) is 11.6 Å². The summed E-state index contributed by atoms with van der Waals surface area (Å²) in [5, 5.41) is 0. The number of fused-ring (bicyclic) bond motifs is 1. The van der Waals surface area contributed by atoms with E-state index in [0.29, 0.717) is 6.42 Å². The second kappa shape index (κ2) is 2.79. The molecule has 2 aliphatic rings. The van der Waals surface area contributed by atoms with Gasteiger partial charge < -0.3 is 4.79 Å². The monoisotopic (exact) mass is 178 g/mol. The fraction of sp³-hybridized carbons (Fsp3) is 0.636. The average molecular weight is 178 g/mol. The first kappa shape index (κ1) is 8.67. The fourth-order valence-electron chi connectivity index (χ4n) is 2.60. The molecule has 0 aromatic heterocycles. The summed E-state index contributed by atoms with van der Waals surface area (Å²) < 4.78 is 0. The average Bonchev–Trinajstić information content (AvgIpc) is 2.42. The summed E-state index contributed by atoms with van der Waals surface area (Å²) in [6, 6.07) is 0. The van der Waals surface area contributed by atoms with Gasteiger partial charge in [-0.15, -0.1) is 0 Å². The van der Waals surface area contributed by atoms with Gasteiger partial charge in [-0.1, -0.05) is 12.5 Å². The Morgan fingerprint density at radius 1 is 1.54 bits per heavy atom. The van der Waals surface area contributed by atoms with Crippen LogP contribution < -0.4 is 0 Å². The summed E-state index contributed by atoms with van der Waals surface area (Å²) in [7, 11) is 0. The third-order valence-corrected chi connectivity index (χ3v) is 3.67.